The third-order valence-electron chi connectivity index (χ3n) is 3.69. The lowest BCUT2D eigenvalue weighted by molar-refractivity contribution is 0.101. The second-order valence-electron chi connectivity index (χ2n) is 5.11. The van der Waals surface area contributed by atoms with Gasteiger partial charge in [-0.2, -0.15) is 0 Å². The maximum atomic E-state index is 11.2. The average molecular weight is 246 g/mol. The molecule has 0 saturated carbocycles. The molecule has 0 aromatic heterocycles. The number of hydrogen-bond acceptors (Lipinski definition) is 3. The van der Waals surface area contributed by atoms with Crippen LogP contribution in [0.1, 0.15) is 36.5 Å². The monoisotopic (exact) mass is 246 g/mol. The van der Waals surface area contributed by atoms with Crippen LogP contribution in [0.5, 0.6) is 0 Å². The van der Waals surface area contributed by atoms with Crippen LogP contribution in [0.3, 0.4) is 0 Å². The van der Waals surface area contributed by atoms with Gasteiger partial charge >= 0.3 is 0 Å². The molecule has 3 nitrogen and oxygen atoms in total. The Morgan fingerprint density at radius 3 is 2.67 bits per heavy atom. The summed E-state index contributed by atoms with van der Waals surface area (Å²) in [5, 5.41) is 3.52. The minimum atomic E-state index is 0.124. The number of nitrogens with zero attached hydrogens (tertiary/aromatic N) is 1. The first-order valence-corrected chi connectivity index (χ1v) is 6.72. The van der Waals surface area contributed by atoms with Crippen molar-refractivity contribution in [1.82, 2.24) is 5.32 Å². The second kappa shape index (κ2) is 6.01. The van der Waals surface area contributed by atoms with Crippen LogP contribution in [-0.2, 0) is 0 Å². The highest BCUT2D eigenvalue weighted by Crippen LogP contribution is 2.16. The van der Waals surface area contributed by atoms with Crippen molar-refractivity contribution >= 4 is 11.5 Å². The van der Waals surface area contributed by atoms with Crippen LogP contribution in [0.4, 0.5) is 5.69 Å². The average Bonchev–Trinajstić information content (AvgIpc) is 2.89. The van der Waals surface area contributed by atoms with Crippen molar-refractivity contribution in [2.75, 3.05) is 25.0 Å². The summed E-state index contributed by atoms with van der Waals surface area (Å²) in [5.41, 5.74) is 1.96. The zero-order chi connectivity index (χ0) is 13.0. The Morgan fingerprint density at radius 1 is 1.39 bits per heavy atom. The number of carbonyl (C=O) groups is 1. The maximum Gasteiger partial charge on any atom is 0.159 e. The molecule has 98 valence electrons. The molecule has 1 heterocycles. The number of nitrogens with one attached hydrogen (secondary N) is 1. The first-order valence-electron chi connectivity index (χ1n) is 6.72. The van der Waals surface area contributed by atoms with Gasteiger partial charge in [0.15, 0.2) is 5.78 Å². The van der Waals surface area contributed by atoms with Crippen LogP contribution in [0.15, 0.2) is 24.3 Å². The zero-order valence-corrected chi connectivity index (χ0v) is 11.3. The van der Waals surface area contributed by atoms with Crippen LogP contribution >= 0.6 is 0 Å². The summed E-state index contributed by atoms with van der Waals surface area (Å²) in [7, 11) is 2.11. The molecule has 1 aromatic carbocycles. The quantitative estimate of drug-likeness (QED) is 0.810. The third-order valence-corrected chi connectivity index (χ3v) is 3.69. The molecular formula is C15H22N2O. The van der Waals surface area contributed by atoms with Gasteiger partial charge in [-0.05, 0) is 57.0 Å². The Morgan fingerprint density at radius 2 is 2.11 bits per heavy atom. The van der Waals surface area contributed by atoms with Crippen molar-refractivity contribution in [3.63, 3.8) is 0 Å². The molecule has 1 fully saturated rings. The van der Waals surface area contributed by atoms with Gasteiger partial charge in [-0.3, -0.25) is 4.79 Å². The van der Waals surface area contributed by atoms with Crippen molar-refractivity contribution in [2.45, 2.75) is 32.2 Å². The van der Waals surface area contributed by atoms with Gasteiger partial charge in [0.1, 0.15) is 0 Å². The number of Topliss-reactive ketones (excluding diaryl/α,β-unsaturated/α-hetero) is 1. The van der Waals surface area contributed by atoms with E-state index in [9.17, 15) is 4.79 Å². The fourth-order valence-corrected chi connectivity index (χ4v) is 2.43. The zero-order valence-electron chi connectivity index (χ0n) is 11.3. The highest BCUT2D eigenvalue weighted by atomic mass is 16.1. The molecule has 0 aliphatic carbocycles. The molecule has 1 unspecified atom stereocenters. The molecule has 18 heavy (non-hydrogen) atoms. The highest BCUT2D eigenvalue weighted by Gasteiger charge is 2.14. The number of ketones is 1. The van der Waals surface area contributed by atoms with E-state index >= 15 is 0 Å². The fourth-order valence-electron chi connectivity index (χ4n) is 2.43. The number of anilines is 1. The lowest BCUT2D eigenvalue weighted by atomic mass is 10.1. The van der Waals surface area contributed by atoms with E-state index in [-0.39, 0.29) is 5.78 Å². The van der Waals surface area contributed by atoms with Gasteiger partial charge < -0.3 is 10.2 Å². The van der Waals surface area contributed by atoms with E-state index in [4.69, 9.17) is 0 Å². The Labute approximate surface area is 109 Å². The van der Waals surface area contributed by atoms with Gasteiger partial charge in [0.2, 0.25) is 0 Å². The van der Waals surface area contributed by atoms with Gasteiger partial charge in [0.05, 0.1) is 0 Å². The standard InChI is InChI=1S/C15H22N2O/c1-12(18)13-5-7-15(8-6-13)17(2)11-9-14-4-3-10-16-14/h5-8,14,16H,3-4,9-11H2,1-2H3. The normalized spacial score (nSPS) is 18.9. The smallest absolute Gasteiger partial charge is 0.159 e. The molecule has 1 aliphatic heterocycles. The minimum Gasteiger partial charge on any atom is -0.375 e. The Bertz CT molecular complexity index is 393. The summed E-state index contributed by atoms with van der Waals surface area (Å²) >= 11 is 0. The molecule has 1 N–H and O–H groups in total. The molecule has 3 heteroatoms. The molecule has 1 atom stereocenters. The number of carbonyl (C=O) groups excluding carboxylic acids is 1. The van der Waals surface area contributed by atoms with Crippen LogP contribution in [0.2, 0.25) is 0 Å². The molecule has 0 spiro atoms. The lowest BCUT2D eigenvalue weighted by Gasteiger charge is -2.21. The minimum absolute atomic E-state index is 0.124. The predicted molar refractivity (Wildman–Crippen MR) is 75.4 cm³/mol. The SMILES string of the molecule is CC(=O)c1ccc(N(C)CCC2CCCN2)cc1. The molecule has 0 radical (unpaired) electrons. The van der Waals surface area contributed by atoms with Crippen LogP contribution in [0.25, 0.3) is 0 Å². The van der Waals surface area contributed by atoms with Gasteiger partial charge in [0, 0.05) is 30.9 Å². The summed E-state index contributed by atoms with van der Waals surface area (Å²) in [6.07, 6.45) is 3.80. The fraction of sp³-hybridized carbons (Fsp3) is 0.533. The van der Waals surface area contributed by atoms with Crippen molar-refractivity contribution < 1.29 is 4.79 Å². The van der Waals surface area contributed by atoms with Crippen molar-refractivity contribution in [3.05, 3.63) is 29.8 Å². The topological polar surface area (TPSA) is 32.3 Å². The lowest BCUT2D eigenvalue weighted by Crippen LogP contribution is -2.28. The van der Waals surface area contributed by atoms with Crippen molar-refractivity contribution in [3.8, 4) is 0 Å². The Kier molecular flexibility index (Phi) is 4.37. The number of hydrogen-bond donors (Lipinski definition) is 1. The highest BCUT2D eigenvalue weighted by molar-refractivity contribution is 5.94. The number of benzene rings is 1. The van der Waals surface area contributed by atoms with Crippen molar-refractivity contribution in [1.29, 1.82) is 0 Å². The van der Waals surface area contributed by atoms with Crippen molar-refractivity contribution in [2.24, 2.45) is 0 Å². The number of rotatable bonds is 5. The van der Waals surface area contributed by atoms with E-state index in [1.807, 2.05) is 24.3 Å². The van der Waals surface area contributed by atoms with Crippen LogP contribution < -0.4 is 10.2 Å². The first-order chi connectivity index (χ1) is 8.66. The molecule has 0 amide bonds. The van der Waals surface area contributed by atoms with E-state index < -0.39 is 0 Å². The van der Waals surface area contributed by atoms with Gasteiger partial charge in [-0.1, -0.05) is 0 Å². The molecule has 2 rings (SSSR count). The summed E-state index contributed by atoms with van der Waals surface area (Å²) in [6, 6.07) is 8.55. The Hall–Kier alpha value is -1.35. The molecule has 1 aliphatic rings. The van der Waals surface area contributed by atoms with E-state index in [2.05, 4.69) is 17.3 Å². The summed E-state index contributed by atoms with van der Waals surface area (Å²) in [4.78, 5) is 13.5. The maximum absolute atomic E-state index is 11.2. The predicted octanol–water partition coefficient (Wildman–Crippen LogP) is 2.47. The third kappa shape index (κ3) is 3.33. The molecule has 1 saturated heterocycles. The van der Waals surface area contributed by atoms with E-state index in [1.165, 1.54) is 31.5 Å². The molecule has 0 bridgehead atoms. The summed E-state index contributed by atoms with van der Waals surface area (Å²) in [5.74, 6) is 0.124. The summed E-state index contributed by atoms with van der Waals surface area (Å²) < 4.78 is 0. The molecule has 1 aromatic rings. The van der Waals surface area contributed by atoms with Crippen LogP contribution in [-0.4, -0.2) is 32.0 Å². The largest absolute Gasteiger partial charge is 0.375 e. The van der Waals surface area contributed by atoms with E-state index in [1.54, 1.807) is 6.92 Å². The van der Waals surface area contributed by atoms with E-state index in [0.29, 0.717) is 6.04 Å². The van der Waals surface area contributed by atoms with Crippen LogP contribution in [0, 0.1) is 0 Å². The Balaban J connectivity index is 1.87. The van der Waals surface area contributed by atoms with Gasteiger partial charge in [0.25, 0.3) is 0 Å². The van der Waals surface area contributed by atoms with Gasteiger partial charge in [-0.25, -0.2) is 0 Å². The van der Waals surface area contributed by atoms with E-state index in [0.717, 1.165) is 12.1 Å². The first kappa shape index (κ1) is 13.1. The van der Waals surface area contributed by atoms with Gasteiger partial charge in [-0.15, -0.1) is 0 Å². The second-order valence-corrected chi connectivity index (χ2v) is 5.11. The molecular weight excluding hydrogens is 224 g/mol. The summed E-state index contributed by atoms with van der Waals surface area (Å²) in [6.45, 7) is 3.82.